The molecule has 0 radical (unpaired) electrons. The molecule has 3 aromatic rings. The first-order valence-corrected chi connectivity index (χ1v) is 5.17. The lowest BCUT2D eigenvalue weighted by molar-refractivity contribution is 0.753. The van der Waals surface area contributed by atoms with E-state index in [1.807, 2.05) is 18.2 Å². The minimum Gasteiger partial charge on any atom is -0.375 e. The van der Waals surface area contributed by atoms with E-state index in [-0.39, 0.29) is 0 Å². The maximum Gasteiger partial charge on any atom is 0.181 e. The van der Waals surface area contributed by atoms with E-state index in [0.717, 1.165) is 15.9 Å². The normalized spacial score (nSPS) is 10.9. The molecule has 0 unspecified atom stereocenters. The summed E-state index contributed by atoms with van der Waals surface area (Å²) in [4.78, 5) is 5.75. The highest BCUT2D eigenvalue weighted by atomic mass is 32.1. The van der Waals surface area contributed by atoms with Gasteiger partial charge in [0, 0.05) is 0 Å². The van der Waals surface area contributed by atoms with E-state index in [9.17, 15) is 0 Å². The first kappa shape index (κ1) is 8.37. The van der Waals surface area contributed by atoms with Gasteiger partial charge in [0.05, 0.1) is 28.3 Å². The average molecular weight is 217 g/mol. The first-order chi connectivity index (χ1) is 7.33. The van der Waals surface area contributed by atoms with Crippen molar-refractivity contribution in [1.29, 1.82) is 0 Å². The number of nitrogens with two attached hydrogens (primary N) is 1. The summed E-state index contributed by atoms with van der Waals surface area (Å²) in [7, 11) is 0. The number of anilines is 1. The zero-order valence-corrected chi connectivity index (χ0v) is 8.48. The minimum absolute atomic E-state index is 0.579. The van der Waals surface area contributed by atoms with Gasteiger partial charge < -0.3 is 5.73 Å². The molecule has 2 heterocycles. The molecule has 0 amide bonds. The molecule has 0 saturated carbocycles. The van der Waals surface area contributed by atoms with Gasteiger partial charge in [0.2, 0.25) is 0 Å². The number of thiazole rings is 1. The second-order valence-corrected chi connectivity index (χ2v) is 4.08. The van der Waals surface area contributed by atoms with Gasteiger partial charge in [-0.15, -0.1) is 0 Å². The largest absolute Gasteiger partial charge is 0.375 e. The van der Waals surface area contributed by atoms with Crippen LogP contribution in [0.1, 0.15) is 0 Å². The lowest BCUT2D eigenvalue weighted by Crippen LogP contribution is -1.97. The number of nitrogen functional groups attached to an aromatic ring is 1. The van der Waals surface area contributed by atoms with Gasteiger partial charge in [-0.1, -0.05) is 11.3 Å². The van der Waals surface area contributed by atoms with Crippen molar-refractivity contribution in [1.82, 2.24) is 20.0 Å². The summed E-state index contributed by atoms with van der Waals surface area (Å²) in [6.07, 6.45) is 3.29. The molecular formula is C9H7N5S. The van der Waals surface area contributed by atoms with Crippen LogP contribution in [0.5, 0.6) is 0 Å². The van der Waals surface area contributed by atoms with E-state index in [1.54, 1.807) is 17.2 Å². The van der Waals surface area contributed by atoms with Crippen LogP contribution in [0.25, 0.3) is 15.9 Å². The summed E-state index contributed by atoms with van der Waals surface area (Å²) in [5.41, 5.74) is 7.45. The van der Waals surface area contributed by atoms with Gasteiger partial charge in [-0.25, -0.2) is 4.98 Å². The standard InChI is InChI=1S/C9H7N5S/c10-9-13-7-2-1-6(5-8(7)15-9)14-11-3-4-12-14/h1-5H,(H2,10,13). The first-order valence-electron chi connectivity index (χ1n) is 4.36. The topological polar surface area (TPSA) is 69.6 Å². The molecule has 2 N–H and O–H groups in total. The fourth-order valence-electron chi connectivity index (χ4n) is 1.40. The quantitative estimate of drug-likeness (QED) is 0.670. The van der Waals surface area contributed by atoms with Crippen LogP contribution in [-0.2, 0) is 0 Å². The van der Waals surface area contributed by atoms with Crippen molar-refractivity contribution in [3.63, 3.8) is 0 Å². The van der Waals surface area contributed by atoms with Crippen molar-refractivity contribution in [2.24, 2.45) is 0 Å². The van der Waals surface area contributed by atoms with E-state index >= 15 is 0 Å². The molecule has 6 heteroatoms. The molecule has 0 bridgehead atoms. The molecule has 0 saturated heterocycles. The zero-order chi connectivity index (χ0) is 10.3. The fourth-order valence-corrected chi connectivity index (χ4v) is 2.17. The van der Waals surface area contributed by atoms with E-state index < -0.39 is 0 Å². The highest BCUT2D eigenvalue weighted by Gasteiger charge is 2.03. The average Bonchev–Trinajstić information content (AvgIpc) is 2.82. The smallest absolute Gasteiger partial charge is 0.181 e. The maximum atomic E-state index is 5.63. The van der Waals surface area contributed by atoms with Crippen LogP contribution in [0.2, 0.25) is 0 Å². The number of fused-ring (bicyclic) bond motifs is 1. The van der Waals surface area contributed by atoms with Gasteiger partial charge >= 0.3 is 0 Å². The molecule has 0 aliphatic heterocycles. The SMILES string of the molecule is Nc1nc2ccc(-n3nccn3)cc2s1. The number of hydrogen-bond acceptors (Lipinski definition) is 5. The van der Waals surface area contributed by atoms with E-state index in [1.165, 1.54) is 11.3 Å². The van der Waals surface area contributed by atoms with Gasteiger partial charge in [-0.2, -0.15) is 15.0 Å². The van der Waals surface area contributed by atoms with Gasteiger partial charge in [-0.05, 0) is 18.2 Å². The summed E-state index contributed by atoms with van der Waals surface area (Å²) >= 11 is 1.46. The summed E-state index contributed by atoms with van der Waals surface area (Å²) in [6, 6.07) is 5.81. The van der Waals surface area contributed by atoms with Crippen LogP contribution in [-0.4, -0.2) is 20.0 Å². The Labute approximate surface area is 89.2 Å². The monoisotopic (exact) mass is 217 g/mol. The second-order valence-electron chi connectivity index (χ2n) is 3.02. The third-order valence-electron chi connectivity index (χ3n) is 2.04. The number of benzene rings is 1. The summed E-state index contributed by atoms with van der Waals surface area (Å²) in [5, 5.41) is 8.70. The van der Waals surface area contributed by atoms with E-state index in [2.05, 4.69) is 15.2 Å². The highest BCUT2D eigenvalue weighted by molar-refractivity contribution is 7.22. The Bertz CT molecular complexity index is 598. The molecule has 0 atom stereocenters. The number of nitrogens with zero attached hydrogens (tertiary/aromatic N) is 4. The molecule has 1 aromatic carbocycles. The third-order valence-corrected chi connectivity index (χ3v) is 2.89. The molecule has 2 aromatic heterocycles. The predicted molar refractivity (Wildman–Crippen MR) is 58.9 cm³/mol. The van der Waals surface area contributed by atoms with Crippen LogP contribution in [0.15, 0.2) is 30.6 Å². The summed E-state index contributed by atoms with van der Waals surface area (Å²) in [6.45, 7) is 0. The maximum absolute atomic E-state index is 5.63. The van der Waals surface area contributed by atoms with Crippen molar-refractivity contribution < 1.29 is 0 Å². The molecule has 15 heavy (non-hydrogen) atoms. The van der Waals surface area contributed by atoms with Crippen molar-refractivity contribution in [2.45, 2.75) is 0 Å². The van der Waals surface area contributed by atoms with Gasteiger partial charge in [-0.3, -0.25) is 0 Å². The predicted octanol–water partition coefficient (Wildman–Crippen LogP) is 1.46. The number of aromatic nitrogens is 4. The zero-order valence-electron chi connectivity index (χ0n) is 7.66. The van der Waals surface area contributed by atoms with E-state index in [0.29, 0.717) is 5.13 Å². The van der Waals surface area contributed by atoms with Gasteiger partial charge in [0.25, 0.3) is 0 Å². The Morgan fingerprint density at radius 2 is 2.00 bits per heavy atom. The molecule has 5 nitrogen and oxygen atoms in total. The third kappa shape index (κ3) is 1.35. The van der Waals surface area contributed by atoms with Crippen LogP contribution in [0.3, 0.4) is 0 Å². The summed E-state index contributed by atoms with van der Waals surface area (Å²) < 4.78 is 1.04. The number of hydrogen-bond donors (Lipinski definition) is 1. The molecular weight excluding hydrogens is 210 g/mol. The van der Waals surface area contributed by atoms with Crippen LogP contribution in [0.4, 0.5) is 5.13 Å². The molecule has 0 aliphatic carbocycles. The Balaban J connectivity index is 2.21. The van der Waals surface area contributed by atoms with Crippen molar-refractivity contribution >= 4 is 26.7 Å². The second kappa shape index (κ2) is 3.03. The number of rotatable bonds is 1. The molecule has 0 spiro atoms. The Morgan fingerprint density at radius 1 is 1.20 bits per heavy atom. The highest BCUT2D eigenvalue weighted by Crippen LogP contribution is 2.25. The van der Waals surface area contributed by atoms with Crippen molar-refractivity contribution in [3.05, 3.63) is 30.6 Å². The van der Waals surface area contributed by atoms with Gasteiger partial charge in [0.1, 0.15) is 0 Å². The fraction of sp³-hybridized carbons (Fsp3) is 0. The van der Waals surface area contributed by atoms with Crippen LogP contribution < -0.4 is 5.73 Å². The Hall–Kier alpha value is -1.95. The molecule has 3 rings (SSSR count). The van der Waals surface area contributed by atoms with Crippen LogP contribution >= 0.6 is 11.3 Å². The Morgan fingerprint density at radius 3 is 2.80 bits per heavy atom. The lowest BCUT2D eigenvalue weighted by atomic mass is 10.3. The Kier molecular flexibility index (Phi) is 1.69. The molecule has 0 fully saturated rings. The van der Waals surface area contributed by atoms with Crippen molar-refractivity contribution in [2.75, 3.05) is 5.73 Å². The lowest BCUT2D eigenvalue weighted by Gasteiger charge is -1.97. The minimum atomic E-state index is 0.579. The summed E-state index contributed by atoms with van der Waals surface area (Å²) in [5.74, 6) is 0. The molecule has 74 valence electrons. The van der Waals surface area contributed by atoms with E-state index in [4.69, 9.17) is 5.73 Å². The van der Waals surface area contributed by atoms with Crippen LogP contribution in [0, 0.1) is 0 Å². The molecule has 0 aliphatic rings. The van der Waals surface area contributed by atoms with Gasteiger partial charge in [0.15, 0.2) is 5.13 Å². The van der Waals surface area contributed by atoms with Crippen molar-refractivity contribution in [3.8, 4) is 5.69 Å².